The van der Waals surface area contributed by atoms with Crippen molar-refractivity contribution in [2.75, 3.05) is 27.2 Å². The largest absolute Gasteiger partial charge is 0.496 e. The van der Waals surface area contributed by atoms with E-state index < -0.39 is 0 Å². The first-order valence-electron chi connectivity index (χ1n) is 15.5. The van der Waals surface area contributed by atoms with E-state index in [1.807, 2.05) is 7.11 Å². The van der Waals surface area contributed by atoms with Crippen molar-refractivity contribution in [3.63, 3.8) is 0 Å². The van der Waals surface area contributed by atoms with E-state index in [1.54, 1.807) is 0 Å². The fourth-order valence-corrected chi connectivity index (χ4v) is 8.68. The molecule has 0 aromatic heterocycles. The van der Waals surface area contributed by atoms with E-state index in [4.69, 9.17) is 9.47 Å². The number of rotatable bonds is 7. The molecule has 3 heterocycles. The monoisotopic (exact) mass is 536 g/mol. The lowest BCUT2D eigenvalue weighted by Crippen LogP contribution is -2.54. The van der Waals surface area contributed by atoms with Crippen LogP contribution in [0, 0.1) is 11.8 Å². The van der Waals surface area contributed by atoms with E-state index in [0.717, 1.165) is 36.8 Å². The second-order valence-electron chi connectivity index (χ2n) is 12.9. The molecular weight excluding hydrogens is 492 g/mol. The number of likely N-dealkylation sites (tertiary alicyclic amines) is 1. The summed E-state index contributed by atoms with van der Waals surface area (Å²) in [6.07, 6.45) is 8.96. The lowest BCUT2D eigenvalue weighted by Gasteiger charge is -2.48. The number of ether oxygens (including phenoxy) is 2. The standard InChI is InChI=1S/C36H44N2O2/c1-37-23-25(18-29-19-33-28(20-34(29)37)14-9-15-35(33)39-2)24-38-30-16-17-31(38)22-32(21-30)40-36(26-10-5-3-6-11-26)27-12-7-4-8-13-27/h3-15,25,29-32,34,36H,16-24H2,1-2H3/t25-,29-,30?,31?,32?,34-/m1/s1. The van der Waals surface area contributed by atoms with Crippen LogP contribution in [0.25, 0.3) is 0 Å². The summed E-state index contributed by atoms with van der Waals surface area (Å²) in [6, 6.07) is 30.2. The van der Waals surface area contributed by atoms with Crippen LogP contribution in [-0.4, -0.2) is 61.3 Å². The van der Waals surface area contributed by atoms with Gasteiger partial charge in [-0.25, -0.2) is 0 Å². The molecule has 3 aromatic rings. The van der Waals surface area contributed by atoms with Crippen LogP contribution < -0.4 is 4.74 Å². The highest BCUT2D eigenvalue weighted by Crippen LogP contribution is 2.43. The van der Waals surface area contributed by atoms with Crippen molar-refractivity contribution in [2.45, 2.75) is 75.3 Å². The maximum Gasteiger partial charge on any atom is 0.122 e. The van der Waals surface area contributed by atoms with Crippen molar-refractivity contribution in [1.82, 2.24) is 9.80 Å². The highest BCUT2D eigenvalue weighted by molar-refractivity contribution is 5.43. The van der Waals surface area contributed by atoms with Crippen LogP contribution in [-0.2, 0) is 17.6 Å². The van der Waals surface area contributed by atoms with Gasteiger partial charge in [-0.15, -0.1) is 0 Å². The van der Waals surface area contributed by atoms with Gasteiger partial charge >= 0.3 is 0 Å². The molecule has 5 atom stereocenters. The molecule has 4 nitrogen and oxygen atoms in total. The third kappa shape index (κ3) is 5.11. The molecule has 3 fully saturated rings. The Bertz CT molecular complexity index is 1230. The van der Waals surface area contributed by atoms with Crippen LogP contribution in [0.5, 0.6) is 5.75 Å². The Labute approximate surface area is 240 Å². The molecule has 210 valence electrons. The SMILES string of the molecule is COc1cccc2c1C[C@H]1C[C@@H](CN3C4CCC3CC(OC(c3ccccc3)c3ccccc3)C4)CN(C)[C@@H]1C2. The average Bonchev–Trinajstić information content (AvgIpc) is 3.21. The van der Waals surface area contributed by atoms with Gasteiger partial charge in [0.2, 0.25) is 0 Å². The zero-order valence-electron chi connectivity index (χ0n) is 24.1. The second kappa shape index (κ2) is 11.3. The molecular formula is C36H44N2O2. The van der Waals surface area contributed by atoms with Gasteiger partial charge < -0.3 is 14.4 Å². The predicted molar refractivity (Wildman–Crippen MR) is 161 cm³/mol. The van der Waals surface area contributed by atoms with Crippen LogP contribution in [0.3, 0.4) is 0 Å². The first-order chi connectivity index (χ1) is 19.7. The van der Waals surface area contributed by atoms with Gasteiger partial charge in [-0.3, -0.25) is 4.90 Å². The second-order valence-corrected chi connectivity index (χ2v) is 12.9. The zero-order chi connectivity index (χ0) is 27.1. The number of hydrogen-bond acceptors (Lipinski definition) is 4. The Morgan fingerprint density at radius 1 is 0.800 bits per heavy atom. The molecule has 1 aliphatic carbocycles. The molecule has 4 aliphatic rings. The zero-order valence-corrected chi connectivity index (χ0v) is 24.1. The van der Waals surface area contributed by atoms with E-state index in [9.17, 15) is 0 Å². The van der Waals surface area contributed by atoms with Crippen molar-refractivity contribution in [3.8, 4) is 5.75 Å². The van der Waals surface area contributed by atoms with Crippen molar-refractivity contribution >= 4 is 0 Å². The summed E-state index contributed by atoms with van der Waals surface area (Å²) in [5.41, 5.74) is 5.47. The highest BCUT2D eigenvalue weighted by Gasteiger charge is 2.45. The van der Waals surface area contributed by atoms with E-state index in [2.05, 4.69) is 95.7 Å². The van der Waals surface area contributed by atoms with Crippen LogP contribution in [0.1, 0.15) is 60.5 Å². The van der Waals surface area contributed by atoms with Gasteiger partial charge in [0.25, 0.3) is 0 Å². The lowest BCUT2D eigenvalue weighted by atomic mass is 9.72. The van der Waals surface area contributed by atoms with Crippen molar-refractivity contribution in [1.29, 1.82) is 0 Å². The van der Waals surface area contributed by atoms with Gasteiger partial charge in [0.15, 0.2) is 0 Å². The van der Waals surface area contributed by atoms with Crippen LogP contribution in [0.15, 0.2) is 78.9 Å². The van der Waals surface area contributed by atoms with Gasteiger partial charge in [-0.05, 0) is 92.1 Å². The third-order valence-corrected chi connectivity index (χ3v) is 10.5. The van der Waals surface area contributed by atoms with Crippen LogP contribution >= 0.6 is 0 Å². The maximum absolute atomic E-state index is 6.98. The Morgan fingerprint density at radius 3 is 2.12 bits per heavy atom. The van der Waals surface area contributed by atoms with Gasteiger partial charge in [0.1, 0.15) is 11.9 Å². The third-order valence-electron chi connectivity index (χ3n) is 10.5. The number of nitrogens with zero attached hydrogens (tertiary/aromatic N) is 2. The summed E-state index contributed by atoms with van der Waals surface area (Å²) >= 11 is 0. The molecule has 0 saturated carbocycles. The lowest BCUT2D eigenvalue weighted by molar-refractivity contribution is -0.0555. The minimum Gasteiger partial charge on any atom is -0.496 e. The quantitative estimate of drug-likeness (QED) is 0.343. The Hall–Kier alpha value is -2.66. The fraction of sp³-hybridized carbons (Fsp3) is 0.500. The number of hydrogen-bond donors (Lipinski definition) is 0. The number of piperidine rings is 2. The summed E-state index contributed by atoms with van der Waals surface area (Å²) in [6.45, 7) is 2.47. The molecule has 4 heteroatoms. The number of benzene rings is 3. The highest BCUT2D eigenvalue weighted by atomic mass is 16.5. The van der Waals surface area contributed by atoms with Crippen LogP contribution in [0.2, 0.25) is 0 Å². The van der Waals surface area contributed by atoms with E-state index in [0.29, 0.717) is 24.2 Å². The first kappa shape index (κ1) is 26.3. The predicted octanol–water partition coefficient (Wildman–Crippen LogP) is 6.53. The molecule has 2 bridgehead atoms. The minimum atomic E-state index is 0.00782. The maximum atomic E-state index is 6.98. The van der Waals surface area contributed by atoms with Crippen LogP contribution in [0.4, 0.5) is 0 Å². The first-order valence-corrected chi connectivity index (χ1v) is 15.5. The van der Waals surface area contributed by atoms with Crippen molar-refractivity contribution in [3.05, 3.63) is 101 Å². The number of fused-ring (bicyclic) bond motifs is 4. The van der Waals surface area contributed by atoms with Gasteiger partial charge in [-0.1, -0.05) is 72.8 Å². The Balaban J connectivity index is 1.02. The molecule has 7 rings (SSSR count). The summed E-state index contributed by atoms with van der Waals surface area (Å²) < 4.78 is 12.7. The minimum absolute atomic E-state index is 0.00782. The van der Waals surface area contributed by atoms with Gasteiger partial charge in [0.05, 0.1) is 13.2 Å². The molecule has 40 heavy (non-hydrogen) atoms. The molecule has 0 N–H and O–H groups in total. The molecule has 0 spiro atoms. The average molecular weight is 537 g/mol. The number of methoxy groups -OCH3 is 1. The van der Waals surface area contributed by atoms with Crippen molar-refractivity contribution in [2.24, 2.45) is 11.8 Å². The number of likely N-dealkylation sites (N-methyl/N-ethyl adjacent to an activating group) is 1. The van der Waals surface area contributed by atoms with Crippen molar-refractivity contribution < 1.29 is 9.47 Å². The molecule has 3 saturated heterocycles. The summed E-state index contributed by atoms with van der Waals surface area (Å²) in [5, 5.41) is 0. The van der Waals surface area contributed by atoms with Gasteiger partial charge in [0, 0.05) is 31.2 Å². The van der Waals surface area contributed by atoms with E-state index >= 15 is 0 Å². The fourth-order valence-electron chi connectivity index (χ4n) is 8.68. The smallest absolute Gasteiger partial charge is 0.122 e. The molecule has 3 aromatic carbocycles. The molecule has 3 aliphatic heterocycles. The normalized spacial score (nSPS) is 30.2. The summed E-state index contributed by atoms with van der Waals surface area (Å²) in [5.74, 6) is 2.55. The Morgan fingerprint density at radius 2 is 1.48 bits per heavy atom. The molecule has 0 radical (unpaired) electrons. The summed E-state index contributed by atoms with van der Waals surface area (Å²) in [4.78, 5) is 5.58. The van der Waals surface area contributed by atoms with Gasteiger partial charge in [-0.2, -0.15) is 0 Å². The van der Waals surface area contributed by atoms with E-state index in [1.165, 1.54) is 61.0 Å². The topological polar surface area (TPSA) is 24.9 Å². The molecule has 2 unspecified atom stereocenters. The Kier molecular flexibility index (Phi) is 7.42. The molecule has 0 amide bonds. The van der Waals surface area contributed by atoms with E-state index in [-0.39, 0.29) is 6.10 Å². The summed E-state index contributed by atoms with van der Waals surface area (Å²) in [7, 11) is 4.19.